The van der Waals surface area contributed by atoms with Crippen LogP contribution in [0.4, 0.5) is 5.88 Å². The quantitative estimate of drug-likeness (QED) is 0.308. The first-order valence-corrected chi connectivity index (χ1v) is 11.2. The number of halogens is 1. The van der Waals surface area contributed by atoms with Crippen LogP contribution in [-0.4, -0.2) is 29.1 Å². The van der Waals surface area contributed by atoms with E-state index >= 15 is 0 Å². The van der Waals surface area contributed by atoms with Gasteiger partial charge in [0.2, 0.25) is 5.88 Å². The van der Waals surface area contributed by atoms with Gasteiger partial charge in [-0.2, -0.15) is 0 Å². The van der Waals surface area contributed by atoms with Crippen molar-refractivity contribution in [3.05, 3.63) is 94.9 Å². The molecule has 4 rings (SSSR count). The fourth-order valence-corrected chi connectivity index (χ4v) is 3.66. The van der Waals surface area contributed by atoms with E-state index in [0.29, 0.717) is 41.0 Å². The van der Waals surface area contributed by atoms with Gasteiger partial charge in [0, 0.05) is 29.2 Å². The molecule has 0 unspecified atom stereocenters. The smallest absolute Gasteiger partial charge is 0.254 e. The topological polar surface area (TPSA) is 62.7 Å². The molecule has 4 aromatic rings. The highest BCUT2D eigenvalue weighted by Gasteiger charge is 2.27. The Morgan fingerprint density at radius 2 is 1.73 bits per heavy atom. The maximum absolute atomic E-state index is 13.5. The zero-order valence-corrected chi connectivity index (χ0v) is 19.6. The summed E-state index contributed by atoms with van der Waals surface area (Å²) in [5, 5.41) is 4.97. The Morgan fingerprint density at radius 1 is 1.00 bits per heavy atom. The maximum Gasteiger partial charge on any atom is 0.254 e. The molecular weight excluding hydrogens is 438 g/mol. The van der Waals surface area contributed by atoms with Crippen LogP contribution in [0.5, 0.6) is 0 Å². The Morgan fingerprint density at radius 3 is 2.36 bits per heavy atom. The molecule has 0 bridgehead atoms. The van der Waals surface area contributed by atoms with Crippen molar-refractivity contribution in [2.45, 2.75) is 33.0 Å². The minimum atomic E-state index is -0.138. The number of furan rings is 1. The van der Waals surface area contributed by atoms with Crippen LogP contribution in [-0.2, 0) is 13.1 Å². The first-order valence-electron chi connectivity index (χ1n) is 10.8. The van der Waals surface area contributed by atoms with Crippen LogP contribution < -0.4 is 4.90 Å². The van der Waals surface area contributed by atoms with E-state index in [1.54, 1.807) is 35.4 Å². The first kappa shape index (κ1) is 22.7. The molecular formula is C26H26ClN3O3. The number of nitrogens with zero attached hydrogens (tertiary/aromatic N) is 3. The van der Waals surface area contributed by atoms with Gasteiger partial charge < -0.3 is 18.7 Å². The number of hydrogen-bond acceptors (Lipinski definition) is 5. The molecule has 0 saturated carbocycles. The maximum atomic E-state index is 13.5. The van der Waals surface area contributed by atoms with Crippen molar-refractivity contribution in [1.82, 2.24) is 10.1 Å². The summed E-state index contributed by atoms with van der Waals surface area (Å²) in [5.41, 5.74) is 3.02. The van der Waals surface area contributed by atoms with E-state index in [1.807, 2.05) is 54.4 Å². The standard InChI is InChI=1S/C26H26ClN3O3/c1-18(2)29(3)26-23(24(28-33-26)19-8-5-4-6-9-19)17-30(16-22-10-7-15-32-22)25(31)20-11-13-21(27)14-12-20/h4-15,18H,16-17H2,1-3H3. The van der Waals surface area contributed by atoms with Crippen LogP contribution in [0.25, 0.3) is 11.3 Å². The minimum Gasteiger partial charge on any atom is -0.467 e. The molecule has 0 aliphatic carbocycles. The monoisotopic (exact) mass is 463 g/mol. The number of hydrogen-bond donors (Lipinski definition) is 0. The lowest BCUT2D eigenvalue weighted by Crippen LogP contribution is -2.32. The average Bonchev–Trinajstić information content (AvgIpc) is 3.49. The molecule has 0 aliphatic heterocycles. The van der Waals surface area contributed by atoms with Gasteiger partial charge in [-0.1, -0.05) is 47.1 Å². The number of amides is 1. The van der Waals surface area contributed by atoms with Crippen molar-refractivity contribution in [3.8, 4) is 11.3 Å². The molecule has 6 nitrogen and oxygen atoms in total. The molecule has 7 heteroatoms. The van der Waals surface area contributed by atoms with Crippen LogP contribution in [0, 0.1) is 0 Å². The fourth-order valence-electron chi connectivity index (χ4n) is 3.53. The zero-order chi connectivity index (χ0) is 23.4. The highest BCUT2D eigenvalue weighted by molar-refractivity contribution is 6.30. The number of carbonyl (C=O) groups is 1. The van der Waals surface area contributed by atoms with Gasteiger partial charge in [-0.3, -0.25) is 4.79 Å². The van der Waals surface area contributed by atoms with Crippen molar-refractivity contribution < 1.29 is 13.7 Å². The van der Waals surface area contributed by atoms with Gasteiger partial charge in [-0.15, -0.1) is 0 Å². The summed E-state index contributed by atoms with van der Waals surface area (Å²) in [7, 11) is 1.96. The van der Waals surface area contributed by atoms with Crippen LogP contribution in [0.15, 0.2) is 81.9 Å². The molecule has 0 atom stereocenters. The van der Waals surface area contributed by atoms with Crippen LogP contribution >= 0.6 is 11.6 Å². The third-order valence-corrected chi connectivity index (χ3v) is 5.82. The van der Waals surface area contributed by atoms with E-state index in [4.69, 9.17) is 20.5 Å². The van der Waals surface area contributed by atoms with Gasteiger partial charge >= 0.3 is 0 Å². The molecule has 0 N–H and O–H groups in total. The molecule has 0 saturated heterocycles. The minimum absolute atomic E-state index is 0.138. The summed E-state index contributed by atoms with van der Waals surface area (Å²) < 4.78 is 11.4. The van der Waals surface area contributed by atoms with Gasteiger partial charge in [0.15, 0.2) is 0 Å². The van der Waals surface area contributed by atoms with E-state index in [9.17, 15) is 4.79 Å². The Bertz CT molecular complexity index is 1190. The normalized spacial score (nSPS) is 11.1. The van der Waals surface area contributed by atoms with Gasteiger partial charge in [0.1, 0.15) is 11.5 Å². The number of aromatic nitrogens is 1. The summed E-state index contributed by atoms with van der Waals surface area (Å²) in [6, 6.07) is 20.6. The highest BCUT2D eigenvalue weighted by Crippen LogP contribution is 2.33. The number of rotatable bonds is 8. The van der Waals surface area contributed by atoms with E-state index in [2.05, 4.69) is 19.0 Å². The van der Waals surface area contributed by atoms with Crippen LogP contribution in [0.3, 0.4) is 0 Å². The predicted octanol–water partition coefficient (Wildman–Crippen LogP) is 6.28. The van der Waals surface area contributed by atoms with Crippen molar-refractivity contribution >= 4 is 23.4 Å². The van der Waals surface area contributed by atoms with Crippen molar-refractivity contribution in [1.29, 1.82) is 0 Å². The van der Waals surface area contributed by atoms with Gasteiger partial charge in [-0.05, 0) is 50.2 Å². The lowest BCUT2D eigenvalue weighted by atomic mass is 10.1. The third kappa shape index (κ3) is 5.12. The van der Waals surface area contributed by atoms with Gasteiger partial charge in [-0.25, -0.2) is 0 Å². The number of anilines is 1. The summed E-state index contributed by atoms with van der Waals surface area (Å²) in [6.45, 7) is 4.75. The molecule has 170 valence electrons. The van der Waals surface area contributed by atoms with Gasteiger partial charge in [0.05, 0.1) is 24.9 Å². The van der Waals surface area contributed by atoms with Gasteiger partial charge in [0.25, 0.3) is 5.91 Å². The lowest BCUT2D eigenvalue weighted by Gasteiger charge is -2.25. The number of benzene rings is 2. The summed E-state index contributed by atoms with van der Waals surface area (Å²) in [6.07, 6.45) is 1.60. The number of carbonyl (C=O) groups excluding carboxylic acids is 1. The van der Waals surface area contributed by atoms with Crippen molar-refractivity contribution in [3.63, 3.8) is 0 Å². The van der Waals surface area contributed by atoms with Crippen molar-refractivity contribution in [2.75, 3.05) is 11.9 Å². The molecule has 33 heavy (non-hydrogen) atoms. The third-order valence-electron chi connectivity index (χ3n) is 5.56. The predicted molar refractivity (Wildman–Crippen MR) is 129 cm³/mol. The molecule has 0 aliphatic rings. The summed E-state index contributed by atoms with van der Waals surface area (Å²) >= 11 is 6.03. The van der Waals surface area contributed by atoms with Crippen LogP contribution in [0.2, 0.25) is 5.02 Å². The molecule has 1 amide bonds. The van der Waals surface area contributed by atoms with E-state index in [-0.39, 0.29) is 11.9 Å². The Kier molecular flexibility index (Phi) is 6.84. The Hall–Kier alpha value is -3.51. The van der Waals surface area contributed by atoms with E-state index in [0.717, 1.165) is 11.1 Å². The second-order valence-corrected chi connectivity index (χ2v) is 8.57. The molecule has 2 aromatic carbocycles. The largest absolute Gasteiger partial charge is 0.467 e. The Labute approximate surface area is 198 Å². The lowest BCUT2D eigenvalue weighted by molar-refractivity contribution is 0.0718. The average molecular weight is 464 g/mol. The summed E-state index contributed by atoms with van der Waals surface area (Å²) in [5.74, 6) is 1.19. The van der Waals surface area contributed by atoms with E-state index < -0.39 is 0 Å². The molecule has 0 radical (unpaired) electrons. The first-order chi connectivity index (χ1) is 15.9. The van der Waals surface area contributed by atoms with E-state index in [1.165, 1.54) is 0 Å². The molecule has 2 heterocycles. The highest BCUT2D eigenvalue weighted by atomic mass is 35.5. The molecule has 2 aromatic heterocycles. The zero-order valence-electron chi connectivity index (χ0n) is 18.9. The molecule has 0 fully saturated rings. The van der Waals surface area contributed by atoms with Crippen LogP contribution in [0.1, 0.15) is 35.5 Å². The summed E-state index contributed by atoms with van der Waals surface area (Å²) in [4.78, 5) is 17.3. The second kappa shape index (κ2) is 9.96. The fraction of sp³-hybridized carbons (Fsp3) is 0.231. The SMILES string of the molecule is CC(C)N(C)c1onc(-c2ccccc2)c1CN(Cc1ccco1)C(=O)c1ccc(Cl)cc1. The van der Waals surface area contributed by atoms with Crippen molar-refractivity contribution in [2.24, 2.45) is 0 Å². The molecule has 0 spiro atoms. The Balaban J connectivity index is 1.76. The second-order valence-electron chi connectivity index (χ2n) is 8.13.